The highest BCUT2D eigenvalue weighted by Crippen LogP contribution is 2.39. The lowest BCUT2D eigenvalue weighted by molar-refractivity contribution is -0.274. The molecule has 2 rings (SSSR count). The normalized spacial score (nSPS) is 34.9. The molecule has 0 spiro atoms. The Morgan fingerprint density at radius 2 is 2.36 bits per heavy atom. The molecule has 1 saturated heterocycles. The number of rotatable bonds is 3. The van der Waals surface area contributed by atoms with Gasteiger partial charge < -0.3 is 25.8 Å². The van der Waals surface area contributed by atoms with E-state index in [0.29, 0.717) is 0 Å². The number of aliphatic hydroxyl groups excluding tert-OH is 2. The van der Waals surface area contributed by atoms with E-state index in [0.717, 1.165) is 4.57 Å². The Hall–Kier alpha value is -2.17. The average molecular weight is 312 g/mol. The summed E-state index contributed by atoms with van der Waals surface area (Å²) in [5, 5.41) is 33.0. The summed E-state index contributed by atoms with van der Waals surface area (Å²) in [5.41, 5.74) is 10.9. The molecule has 0 bridgehead atoms. The number of aromatic nitrogens is 2. The number of nitrogens with two attached hydrogens (primary N) is 1. The van der Waals surface area contributed by atoms with Gasteiger partial charge in [-0.25, -0.2) is 4.79 Å². The van der Waals surface area contributed by atoms with E-state index in [4.69, 9.17) is 16.0 Å². The van der Waals surface area contributed by atoms with Crippen molar-refractivity contribution in [2.45, 2.75) is 31.1 Å². The molecule has 1 aromatic heterocycles. The van der Waals surface area contributed by atoms with Crippen LogP contribution in [-0.2, 0) is 4.74 Å². The predicted octanol–water partition coefficient (Wildman–Crippen LogP) is -1.29. The van der Waals surface area contributed by atoms with Gasteiger partial charge >= 0.3 is 5.69 Å². The van der Waals surface area contributed by atoms with Gasteiger partial charge in [0, 0.05) is 17.0 Å². The minimum absolute atomic E-state index is 0.0227. The molecular weight excluding hydrogens is 296 g/mol. The number of nitrogen functional groups attached to an aromatic ring is 1. The third-order valence-corrected chi connectivity index (χ3v) is 3.66. The minimum Gasteiger partial charge on any atom is -0.394 e. The van der Waals surface area contributed by atoms with Crippen molar-refractivity contribution in [2.75, 3.05) is 12.3 Å². The summed E-state index contributed by atoms with van der Waals surface area (Å²) < 4.78 is 6.52. The lowest BCUT2D eigenvalue weighted by Crippen LogP contribution is -2.62. The van der Waals surface area contributed by atoms with Crippen molar-refractivity contribution >= 4 is 5.82 Å². The zero-order chi connectivity index (χ0) is 16.5. The topological polar surface area (TPSA) is 180 Å². The Morgan fingerprint density at radius 3 is 2.91 bits per heavy atom. The summed E-state index contributed by atoms with van der Waals surface area (Å²) in [7, 11) is 0. The summed E-state index contributed by atoms with van der Waals surface area (Å²) >= 11 is 0. The van der Waals surface area contributed by atoms with Crippen LogP contribution in [0.2, 0.25) is 0 Å². The van der Waals surface area contributed by atoms with Crippen LogP contribution in [0.25, 0.3) is 10.4 Å². The number of azide groups is 1. The predicted molar refractivity (Wildman–Crippen MR) is 73.2 cm³/mol. The maximum Gasteiger partial charge on any atom is 0.351 e. The van der Waals surface area contributed by atoms with Gasteiger partial charge in [-0.05, 0) is 11.6 Å². The number of hydrogen-bond acceptors (Lipinski definition) is 8. The first-order chi connectivity index (χ1) is 10.3. The van der Waals surface area contributed by atoms with Gasteiger partial charge in [-0.3, -0.25) is 4.57 Å². The molecule has 0 aliphatic carbocycles. The van der Waals surface area contributed by atoms with E-state index in [1.54, 1.807) is 0 Å². The van der Waals surface area contributed by atoms with E-state index < -0.39 is 42.4 Å². The lowest BCUT2D eigenvalue weighted by Gasteiger charge is -2.46. The molecule has 0 radical (unpaired) electrons. The SMILES string of the molecule is C[C@@H]1[C@H](n2ccc(N)nc2=O)O[C@H](CO)[C@](O)(N=[N+]=[N-])[C@@H]1O. The Labute approximate surface area is 124 Å². The Morgan fingerprint density at radius 1 is 1.68 bits per heavy atom. The van der Waals surface area contributed by atoms with Gasteiger partial charge in [-0.1, -0.05) is 12.0 Å². The molecular formula is C11H16N6O5. The molecule has 11 heteroatoms. The van der Waals surface area contributed by atoms with E-state index in [1.807, 2.05) is 0 Å². The fourth-order valence-electron chi connectivity index (χ4n) is 2.44. The van der Waals surface area contributed by atoms with Gasteiger partial charge in [0.2, 0.25) is 0 Å². The third kappa shape index (κ3) is 2.51. The van der Waals surface area contributed by atoms with Crippen molar-refractivity contribution in [1.82, 2.24) is 9.55 Å². The maximum atomic E-state index is 11.9. The minimum atomic E-state index is -2.34. The number of ether oxygens (including phenoxy) is 1. The van der Waals surface area contributed by atoms with Crippen LogP contribution in [0.3, 0.4) is 0 Å². The number of hydrogen-bond donors (Lipinski definition) is 4. The van der Waals surface area contributed by atoms with Crippen LogP contribution in [0.5, 0.6) is 0 Å². The molecule has 0 aromatic carbocycles. The van der Waals surface area contributed by atoms with E-state index in [-0.39, 0.29) is 5.82 Å². The lowest BCUT2D eigenvalue weighted by atomic mass is 9.86. The molecule has 0 saturated carbocycles. The van der Waals surface area contributed by atoms with Gasteiger partial charge in [0.1, 0.15) is 18.1 Å². The molecule has 0 unspecified atom stereocenters. The highest BCUT2D eigenvalue weighted by Gasteiger charge is 2.53. The maximum absolute atomic E-state index is 11.9. The first-order valence-corrected chi connectivity index (χ1v) is 6.42. The molecule has 1 aliphatic heterocycles. The van der Waals surface area contributed by atoms with Crippen LogP contribution in [-0.4, -0.2) is 49.4 Å². The number of nitrogens with zero attached hydrogens (tertiary/aromatic N) is 5. The highest BCUT2D eigenvalue weighted by molar-refractivity contribution is 5.23. The second kappa shape index (κ2) is 5.91. The summed E-state index contributed by atoms with van der Waals surface area (Å²) in [6, 6.07) is 1.37. The van der Waals surface area contributed by atoms with Gasteiger partial charge in [-0.15, -0.1) is 0 Å². The van der Waals surface area contributed by atoms with Crippen LogP contribution in [0.15, 0.2) is 22.2 Å². The van der Waals surface area contributed by atoms with E-state index in [1.165, 1.54) is 19.2 Å². The van der Waals surface area contributed by atoms with Gasteiger partial charge in [-0.2, -0.15) is 4.98 Å². The molecule has 0 amide bonds. The molecule has 1 aromatic rings. The van der Waals surface area contributed by atoms with Crippen LogP contribution < -0.4 is 11.4 Å². The standard InChI is InChI=1S/C11H16N6O5/c1-5-8(19)11(21,15-16-13)6(4-18)22-9(5)17-3-2-7(12)14-10(17)20/h2-3,5-6,8-9,18-19,21H,4H2,1H3,(H2,12,14,20)/t5-,6+,8+,9+,11+/m0/s1. The van der Waals surface area contributed by atoms with E-state index in [2.05, 4.69) is 15.0 Å². The molecule has 1 aliphatic rings. The van der Waals surface area contributed by atoms with Gasteiger partial charge in [0.25, 0.3) is 0 Å². The van der Waals surface area contributed by atoms with Crippen LogP contribution in [0.1, 0.15) is 13.2 Å². The van der Waals surface area contributed by atoms with E-state index >= 15 is 0 Å². The summed E-state index contributed by atoms with van der Waals surface area (Å²) in [4.78, 5) is 17.9. The molecule has 120 valence electrons. The molecule has 5 N–H and O–H groups in total. The van der Waals surface area contributed by atoms with Crippen molar-refractivity contribution in [1.29, 1.82) is 0 Å². The zero-order valence-electron chi connectivity index (χ0n) is 11.6. The molecule has 22 heavy (non-hydrogen) atoms. The molecule has 2 heterocycles. The molecule has 11 nitrogen and oxygen atoms in total. The van der Waals surface area contributed by atoms with Crippen LogP contribution >= 0.6 is 0 Å². The van der Waals surface area contributed by atoms with Gasteiger partial charge in [0.15, 0.2) is 5.72 Å². The van der Waals surface area contributed by atoms with Crippen molar-refractivity contribution in [3.8, 4) is 0 Å². The monoisotopic (exact) mass is 312 g/mol. The highest BCUT2D eigenvalue weighted by atomic mass is 16.5. The van der Waals surface area contributed by atoms with Crippen molar-refractivity contribution in [2.24, 2.45) is 11.0 Å². The first kappa shape index (κ1) is 16.2. The summed E-state index contributed by atoms with van der Waals surface area (Å²) in [5.74, 6) is -0.809. The Kier molecular flexibility index (Phi) is 4.35. The van der Waals surface area contributed by atoms with Crippen LogP contribution in [0.4, 0.5) is 5.82 Å². The molecule has 5 atom stereocenters. The molecule has 1 fully saturated rings. The summed E-state index contributed by atoms with van der Waals surface area (Å²) in [6.45, 7) is 0.760. The van der Waals surface area contributed by atoms with Gasteiger partial charge in [0.05, 0.1) is 12.7 Å². The second-order valence-corrected chi connectivity index (χ2v) is 5.02. The van der Waals surface area contributed by atoms with Crippen LogP contribution in [0, 0.1) is 5.92 Å². The third-order valence-electron chi connectivity index (χ3n) is 3.66. The Bertz CT molecular complexity index is 655. The number of aliphatic hydroxyl groups is 3. The average Bonchev–Trinajstić information content (AvgIpc) is 2.47. The fourth-order valence-corrected chi connectivity index (χ4v) is 2.44. The van der Waals surface area contributed by atoms with Crippen molar-refractivity contribution in [3.63, 3.8) is 0 Å². The van der Waals surface area contributed by atoms with Crippen molar-refractivity contribution in [3.05, 3.63) is 33.2 Å². The smallest absolute Gasteiger partial charge is 0.351 e. The second-order valence-electron chi connectivity index (χ2n) is 5.02. The quantitative estimate of drug-likeness (QED) is 0.304. The van der Waals surface area contributed by atoms with Crippen molar-refractivity contribution < 1.29 is 20.1 Å². The van der Waals surface area contributed by atoms with E-state index in [9.17, 15) is 20.1 Å². The fraction of sp³-hybridized carbons (Fsp3) is 0.636. The Balaban J connectivity index is 2.45. The zero-order valence-corrected chi connectivity index (χ0v) is 11.6. The largest absolute Gasteiger partial charge is 0.394 e. The summed E-state index contributed by atoms with van der Waals surface area (Å²) in [6.07, 6.45) is -2.68. The first-order valence-electron chi connectivity index (χ1n) is 6.42. The number of anilines is 1.